The standard InChI is InChI=1S/C21H28N8O/c1-5-17(6-2)28-13-16(11-25-28)21-19-7-8-24-29(19)14-18(26-21)15(9-22)10-23-12-20(30)27(3)4/h7-11,13-14,17H,5-6,12,22H2,1-4H3. The number of hydrogen-bond acceptors (Lipinski definition) is 6. The molecule has 0 aliphatic carbocycles. The Morgan fingerprint density at radius 3 is 2.70 bits per heavy atom. The molecule has 0 aliphatic rings. The smallest absolute Gasteiger partial charge is 0.243 e. The molecule has 0 atom stereocenters. The van der Waals surface area contributed by atoms with Crippen LogP contribution in [0.1, 0.15) is 38.4 Å². The van der Waals surface area contributed by atoms with Crippen LogP contribution in [0, 0.1) is 0 Å². The monoisotopic (exact) mass is 408 g/mol. The number of carbonyl (C=O) groups is 1. The zero-order chi connectivity index (χ0) is 21.7. The van der Waals surface area contributed by atoms with Gasteiger partial charge in [0.25, 0.3) is 0 Å². The molecule has 3 heterocycles. The molecule has 0 aliphatic heterocycles. The largest absolute Gasteiger partial charge is 0.404 e. The molecule has 0 unspecified atom stereocenters. The maximum absolute atomic E-state index is 11.8. The van der Waals surface area contributed by atoms with Gasteiger partial charge in [-0.1, -0.05) is 13.8 Å². The molecule has 2 N–H and O–H groups in total. The Hall–Kier alpha value is -3.49. The van der Waals surface area contributed by atoms with Crippen LogP contribution in [-0.4, -0.2) is 62.0 Å². The lowest BCUT2D eigenvalue weighted by Gasteiger charge is -2.12. The van der Waals surface area contributed by atoms with Crippen LogP contribution in [0.3, 0.4) is 0 Å². The van der Waals surface area contributed by atoms with Gasteiger partial charge in [0, 0.05) is 43.8 Å². The zero-order valence-corrected chi connectivity index (χ0v) is 17.9. The molecule has 9 heteroatoms. The average molecular weight is 409 g/mol. The van der Waals surface area contributed by atoms with E-state index in [0.29, 0.717) is 17.3 Å². The third-order valence-electron chi connectivity index (χ3n) is 5.01. The molecule has 0 radical (unpaired) electrons. The minimum absolute atomic E-state index is 0.0450. The second kappa shape index (κ2) is 9.34. The van der Waals surface area contributed by atoms with Crippen LogP contribution in [0.15, 0.2) is 42.0 Å². The van der Waals surface area contributed by atoms with Crippen LogP contribution in [0.5, 0.6) is 0 Å². The minimum atomic E-state index is -0.0902. The van der Waals surface area contributed by atoms with Crippen molar-refractivity contribution in [2.75, 3.05) is 20.6 Å². The first-order chi connectivity index (χ1) is 14.5. The van der Waals surface area contributed by atoms with E-state index in [0.717, 1.165) is 29.6 Å². The number of likely N-dealkylation sites (N-methyl/N-ethyl adjacent to an activating group) is 1. The first-order valence-electron chi connectivity index (χ1n) is 9.99. The maximum atomic E-state index is 11.8. The van der Waals surface area contributed by atoms with Crippen molar-refractivity contribution in [3.63, 3.8) is 0 Å². The van der Waals surface area contributed by atoms with Crippen molar-refractivity contribution in [1.82, 2.24) is 29.3 Å². The van der Waals surface area contributed by atoms with Gasteiger partial charge in [0.15, 0.2) is 0 Å². The van der Waals surface area contributed by atoms with Crippen molar-refractivity contribution in [2.45, 2.75) is 32.7 Å². The van der Waals surface area contributed by atoms with Gasteiger partial charge in [-0.05, 0) is 18.9 Å². The number of nitrogens with two attached hydrogens (primary N) is 1. The van der Waals surface area contributed by atoms with Gasteiger partial charge in [0.1, 0.15) is 6.54 Å². The van der Waals surface area contributed by atoms with Crippen LogP contribution in [-0.2, 0) is 4.79 Å². The summed E-state index contributed by atoms with van der Waals surface area (Å²) in [6.07, 6.45) is 12.4. The van der Waals surface area contributed by atoms with Gasteiger partial charge in [-0.15, -0.1) is 0 Å². The number of fused-ring (bicyclic) bond motifs is 1. The summed E-state index contributed by atoms with van der Waals surface area (Å²) in [5.41, 5.74) is 9.60. The van der Waals surface area contributed by atoms with Crippen molar-refractivity contribution in [2.24, 2.45) is 10.7 Å². The van der Waals surface area contributed by atoms with E-state index in [-0.39, 0.29) is 12.5 Å². The molecular weight excluding hydrogens is 380 g/mol. The van der Waals surface area contributed by atoms with Crippen LogP contribution >= 0.6 is 0 Å². The summed E-state index contributed by atoms with van der Waals surface area (Å²) in [5, 5.41) is 8.91. The Morgan fingerprint density at radius 1 is 1.27 bits per heavy atom. The molecule has 3 rings (SSSR count). The Labute approximate surface area is 175 Å². The molecule has 9 nitrogen and oxygen atoms in total. The molecule has 0 bridgehead atoms. The van der Waals surface area contributed by atoms with Gasteiger partial charge in [-0.25, -0.2) is 9.50 Å². The van der Waals surface area contributed by atoms with E-state index >= 15 is 0 Å². The Bertz CT molecular complexity index is 1070. The normalized spacial score (nSPS) is 12.4. The van der Waals surface area contributed by atoms with E-state index in [1.54, 1.807) is 37.2 Å². The summed E-state index contributed by atoms with van der Waals surface area (Å²) in [6, 6.07) is 2.26. The molecule has 3 aromatic heterocycles. The maximum Gasteiger partial charge on any atom is 0.243 e. The lowest BCUT2D eigenvalue weighted by molar-refractivity contribution is -0.127. The number of allylic oxidation sites excluding steroid dienone is 1. The SMILES string of the molecule is CCC(CC)n1cc(-c2nc(C(C=NCC(=O)N(C)C)=CN)cn3nccc23)cn1. The van der Waals surface area contributed by atoms with E-state index in [1.807, 2.05) is 23.1 Å². The van der Waals surface area contributed by atoms with E-state index < -0.39 is 0 Å². The molecule has 0 spiro atoms. The van der Waals surface area contributed by atoms with Crippen molar-refractivity contribution in [3.8, 4) is 11.3 Å². The molecule has 0 saturated heterocycles. The summed E-state index contributed by atoms with van der Waals surface area (Å²) < 4.78 is 3.75. The molecule has 1 amide bonds. The third kappa shape index (κ3) is 4.40. The first kappa shape index (κ1) is 21.2. The summed E-state index contributed by atoms with van der Waals surface area (Å²) in [6.45, 7) is 4.36. The van der Waals surface area contributed by atoms with Gasteiger partial charge >= 0.3 is 0 Å². The number of nitrogens with zero attached hydrogens (tertiary/aromatic N) is 7. The van der Waals surface area contributed by atoms with Gasteiger partial charge in [-0.2, -0.15) is 10.2 Å². The van der Waals surface area contributed by atoms with Gasteiger partial charge in [0.05, 0.1) is 41.5 Å². The Morgan fingerprint density at radius 2 is 2.03 bits per heavy atom. The fourth-order valence-electron chi connectivity index (χ4n) is 3.16. The van der Waals surface area contributed by atoms with E-state index in [4.69, 9.17) is 10.7 Å². The highest BCUT2D eigenvalue weighted by molar-refractivity contribution is 6.09. The third-order valence-corrected chi connectivity index (χ3v) is 5.01. The van der Waals surface area contributed by atoms with E-state index in [2.05, 4.69) is 29.0 Å². The van der Waals surface area contributed by atoms with Gasteiger partial charge in [-0.3, -0.25) is 14.5 Å². The van der Waals surface area contributed by atoms with Crippen LogP contribution in [0.2, 0.25) is 0 Å². The molecule has 30 heavy (non-hydrogen) atoms. The lowest BCUT2D eigenvalue weighted by Crippen LogP contribution is -2.24. The van der Waals surface area contributed by atoms with Crippen molar-refractivity contribution < 1.29 is 4.79 Å². The number of rotatable bonds is 8. The topological polar surface area (TPSA) is 107 Å². The molecular formula is C21H28N8O. The second-order valence-corrected chi connectivity index (χ2v) is 7.20. The summed E-state index contributed by atoms with van der Waals surface area (Å²) in [7, 11) is 3.39. The average Bonchev–Trinajstić information content (AvgIpc) is 3.41. The summed E-state index contributed by atoms with van der Waals surface area (Å²) in [5.74, 6) is -0.0902. The molecule has 3 aromatic rings. The number of amides is 1. The molecule has 158 valence electrons. The predicted molar refractivity (Wildman–Crippen MR) is 118 cm³/mol. The first-order valence-corrected chi connectivity index (χ1v) is 9.99. The lowest BCUT2D eigenvalue weighted by atomic mass is 10.1. The number of aliphatic imine (C=N–C) groups is 1. The van der Waals surface area contributed by atoms with Gasteiger partial charge < -0.3 is 10.6 Å². The fraction of sp³-hybridized carbons (Fsp3) is 0.381. The van der Waals surface area contributed by atoms with Crippen molar-refractivity contribution in [1.29, 1.82) is 0 Å². The summed E-state index contributed by atoms with van der Waals surface area (Å²) in [4.78, 5) is 22.3. The zero-order valence-electron chi connectivity index (χ0n) is 17.9. The number of aromatic nitrogens is 5. The number of hydrogen-bond donors (Lipinski definition) is 1. The van der Waals surface area contributed by atoms with E-state index in [9.17, 15) is 4.79 Å². The van der Waals surface area contributed by atoms with Crippen LogP contribution in [0.25, 0.3) is 22.3 Å². The fourth-order valence-corrected chi connectivity index (χ4v) is 3.16. The van der Waals surface area contributed by atoms with Crippen molar-refractivity contribution in [3.05, 3.63) is 42.7 Å². The Balaban J connectivity index is 1.98. The Kier molecular flexibility index (Phi) is 6.61. The summed E-state index contributed by atoms with van der Waals surface area (Å²) >= 11 is 0. The highest BCUT2D eigenvalue weighted by Gasteiger charge is 2.15. The quantitative estimate of drug-likeness (QED) is 0.576. The van der Waals surface area contributed by atoms with E-state index in [1.165, 1.54) is 11.1 Å². The highest BCUT2D eigenvalue weighted by atomic mass is 16.2. The molecule has 0 aromatic carbocycles. The number of carbonyl (C=O) groups excluding carboxylic acids is 1. The highest BCUT2D eigenvalue weighted by Crippen LogP contribution is 2.26. The predicted octanol–water partition coefficient (Wildman–Crippen LogP) is 2.41. The van der Waals surface area contributed by atoms with Crippen LogP contribution in [0.4, 0.5) is 0 Å². The molecule has 0 fully saturated rings. The van der Waals surface area contributed by atoms with Gasteiger partial charge in [0.2, 0.25) is 5.91 Å². The van der Waals surface area contributed by atoms with Crippen LogP contribution < -0.4 is 5.73 Å². The minimum Gasteiger partial charge on any atom is -0.404 e. The second-order valence-electron chi connectivity index (χ2n) is 7.20. The van der Waals surface area contributed by atoms with Crippen molar-refractivity contribution >= 4 is 23.2 Å². The molecule has 0 saturated carbocycles.